The van der Waals surface area contributed by atoms with Gasteiger partial charge in [0.1, 0.15) is 0 Å². The van der Waals surface area contributed by atoms with Gasteiger partial charge in [0.15, 0.2) is 0 Å². The molecule has 0 aromatic carbocycles. The minimum atomic E-state index is 0. The van der Waals surface area contributed by atoms with Crippen LogP contribution in [0.25, 0.3) is 0 Å². The van der Waals surface area contributed by atoms with Gasteiger partial charge in [-0.2, -0.15) is 0 Å². The molecule has 0 saturated heterocycles. The van der Waals surface area contributed by atoms with E-state index >= 15 is 0 Å². The quantitative estimate of drug-likeness (QED) is 0.476. The summed E-state index contributed by atoms with van der Waals surface area (Å²) in [4.78, 5) is 0. The molecule has 0 bridgehead atoms. The molecule has 0 unspecified atom stereocenters. The molecule has 0 atom stereocenters. The van der Waals surface area contributed by atoms with Crippen LogP contribution in [0, 0.1) is 0 Å². The summed E-state index contributed by atoms with van der Waals surface area (Å²) in [6.45, 7) is 0. The molecule has 31 valence electrons. The second-order valence-corrected chi connectivity index (χ2v) is 0. The summed E-state index contributed by atoms with van der Waals surface area (Å²) in [5, 5.41) is 0. The van der Waals surface area contributed by atoms with Gasteiger partial charge in [0.05, 0.1) is 0 Å². The third-order valence-electron chi connectivity index (χ3n) is 0. The van der Waals surface area contributed by atoms with Gasteiger partial charge in [-0.3, -0.25) is 0 Å². The molecule has 4 heavy (non-hydrogen) atoms. The zero-order valence-corrected chi connectivity index (χ0v) is 6.26. The number of hydrogen-bond acceptors (Lipinski definition) is 0. The van der Waals surface area contributed by atoms with Crippen molar-refractivity contribution in [1.82, 2.24) is 0 Å². The predicted molar refractivity (Wildman–Crippen MR) is 7.98 cm³/mol. The van der Waals surface area contributed by atoms with Crippen LogP contribution in [0.5, 0.6) is 0 Å². The average Bonchev–Trinajstić information content (AvgIpc) is 0. The van der Waals surface area contributed by atoms with E-state index in [1.165, 1.54) is 0 Å². The first-order valence-electron chi connectivity index (χ1n) is 0. The summed E-state index contributed by atoms with van der Waals surface area (Å²) < 4.78 is 0. The number of hydrogen-bond donors (Lipinski definition) is 0. The monoisotopic (exact) mass is 199 g/mol. The molecule has 0 amide bonds. The van der Waals surface area contributed by atoms with Crippen LogP contribution in [0.4, 0.5) is 0 Å². The minimum absolute atomic E-state index is 0. The van der Waals surface area contributed by atoms with Gasteiger partial charge in [0.25, 0.3) is 0 Å². The Hall–Kier alpha value is 2.29. The van der Waals surface area contributed by atoms with Gasteiger partial charge in [0, 0.05) is 50.3 Å². The van der Waals surface area contributed by atoms with E-state index in [-0.39, 0.29) is 76.2 Å². The van der Waals surface area contributed by atoms with Crippen molar-refractivity contribution in [2.24, 2.45) is 0 Å². The second kappa shape index (κ2) is 18.6. The Bertz CT molecular complexity index is 13.5. The van der Waals surface area contributed by atoms with Crippen LogP contribution in [-0.4, -0.2) is 23.1 Å². The van der Waals surface area contributed by atoms with E-state index in [9.17, 15) is 0 Å². The van der Waals surface area contributed by atoms with Gasteiger partial charge in [-0.15, -0.1) is 0 Å². The van der Waals surface area contributed by atoms with Crippen molar-refractivity contribution in [3.05, 3.63) is 0 Å². The normalized spacial score (nSPS) is 0. The Kier molecular flexibility index (Phi) is 156. The zero-order valence-electron chi connectivity index (χ0n) is 3.71. The third kappa shape index (κ3) is 8.86. The molecule has 0 spiro atoms. The largest absolute Gasteiger partial charge is 2.00 e. The molecule has 0 aromatic rings. The first-order chi connectivity index (χ1) is 0. The molecule has 0 nitrogen and oxygen atoms in total. The fourth-order valence-corrected chi connectivity index (χ4v) is 0. The Morgan fingerprint density at radius 1 is 1.25 bits per heavy atom. The van der Waals surface area contributed by atoms with Gasteiger partial charge in [-0.1, -0.05) is 0 Å². The smallest absolute Gasteiger partial charge is 1.00 e. The summed E-state index contributed by atoms with van der Waals surface area (Å²) >= 11 is 0. The number of rotatable bonds is 0. The fourth-order valence-electron chi connectivity index (χ4n) is 0. The van der Waals surface area contributed by atoms with Gasteiger partial charge < -0.3 is 2.85 Å². The van der Waals surface area contributed by atoms with E-state index in [0.29, 0.717) is 0 Å². The van der Waals surface area contributed by atoms with Crippen molar-refractivity contribution in [1.29, 1.82) is 0 Å². The molecule has 0 aliphatic rings. The molecule has 0 aromatic heterocycles. The van der Waals surface area contributed by atoms with Crippen LogP contribution in [0.1, 0.15) is 2.85 Å². The van der Waals surface area contributed by atoms with E-state index in [2.05, 4.69) is 0 Å². The topological polar surface area (TPSA) is 0 Å². The Balaban J connectivity index is 0. The summed E-state index contributed by atoms with van der Waals surface area (Å²) in [6.07, 6.45) is 0. The maximum atomic E-state index is 0. The van der Waals surface area contributed by atoms with Gasteiger partial charge in [0.2, 0.25) is 0 Å². The molecule has 0 heterocycles. The van der Waals surface area contributed by atoms with Crippen molar-refractivity contribution in [3.8, 4) is 0 Å². The van der Waals surface area contributed by atoms with E-state index < -0.39 is 0 Å². The first kappa shape index (κ1) is 33.6. The summed E-state index contributed by atoms with van der Waals surface area (Å²) in [5.41, 5.74) is 0. The molecule has 0 saturated carbocycles. The van der Waals surface area contributed by atoms with E-state index in [1.54, 1.807) is 0 Å². The second-order valence-electron chi connectivity index (χ2n) is 0. The first-order valence-corrected chi connectivity index (χ1v) is 0. The molecule has 0 fully saturated rings. The predicted octanol–water partition coefficient (Wildman–Crippen LogP) is -0.163. The van der Waals surface area contributed by atoms with Crippen molar-refractivity contribution in [3.63, 3.8) is 0 Å². The molecular formula is H2CoFeMgNi. The van der Waals surface area contributed by atoms with Gasteiger partial charge >= 0.3 is 23.1 Å². The molecule has 0 rings (SSSR count). The maximum Gasteiger partial charge on any atom is 2.00 e. The van der Waals surface area contributed by atoms with Crippen molar-refractivity contribution < 1.29 is 53.2 Å². The van der Waals surface area contributed by atoms with Crippen LogP contribution in [-0.2, 0) is 50.3 Å². The van der Waals surface area contributed by atoms with Gasteiger partial charge in [-0.25, -0.2) is 0 Å². The van der Waals surface area contributed by atoms with E-state index in [4.69, 9.17) is 0 Å². The zero-order chi connectivity index (χ0) is 0. The molecule has 0 aliphatic heterocycles. The van der Waals surface area contributed by atoms with Crippen LogP contribution in [0.3, 0.4) is 0 Å². The van der Waals surface area contributed by atoms with Crippen LogP contribution >= 0.6 is 0 Å². The average molecular weight is 200 g/mol. The van der Waals surface area contributed by atoms with E-state index in [0.717, 1.165) is 0 Å². The Labute approximate surface area is 75.6 Å². The molecule has 1 radical (unpaired) electrons. The Morgan fingerprint density at radius 2 is 1.25 bits per heavy atom. The van der Waals surface area contributed by atoms with Crippen molar-refractivity contribution in [2.75, 3.05) is 0 Å². The maximum absolute atomic E-state index is 0. The summed E-state index contributed by atoms with van der Waals surface area (Å²) in [6, 6.07) is 0. The van der Waals surface area contributed by atoms with Crippen molar-refractivity contribution in [2.45, 2.75) is 0 Å². The summed E-state index contributed by atoms with van der Waals surface area (Å²) in [7, 11) is 0. The van der Waals surface area contributed by atoms with E-state index in [1.807, 2.05) is 0 Å². The summed E-state index contributed by atoms with van der Waals surface area (Å²) in [5.74, 6) is 0. The third-order valence-corrected chi connectivity index (χ3v) is 0. The molecule has 0 N–H and O–H groups in total. The van der Waals surface area contributed by atoms with Crippen LogP contribution in [0.2, 0.25) is 0 Å². The molecule has 0 aliphatic carbocycles. The SMILES string of the molecule is [Co].[Fe].[H-].[H-].[Mg+2].[Ni]. The fraction of sp³-hybridized carbons (Fsp3) is 0. The molecular weight excluding hydrogens is 198 g/mol. The Morgan fingerprint density at radius 3 is 1.25 bits per heavy atom. The van der Waals surface area contributed by atoms with Crippen LogP contribution < -0.4 is 0 Å². The standard InChI is InChI=1S/Co.Fe.Mg.Ni.2H/q;;+2;;2*-1. The minimum Gasteiger partial charge on any atom is -1.00 e. The van der Waals surface area contributed by atoms with Gasteiger partial charge in [-0.05, 0) is 0 Å². The van der Waals surface area contributed by atoms with Crippen molar-refractivity contribution >= 4 is 23.1 Å². The molecule has 4 heteroatoms. The van der Waals surface area contributed by atoms with Crippen LogP contribution in [0.15, 0.2) is 0 Å².